The van der Waals surface area contributed by atoms with E-state index in [1.807, 2.05) is 0 Å². The summed E-state index contributed by atoms with van der Waals surface area (Å²) in [7, 11) is -3.52. The number of alkyl halides is 3. The van der Waals surface area contributed by atoms with Crippen LogP contribution in [-0.4, -0.2) is 25.6 Å². The lowest BCUT2D eigenvalue weighted by molar-refractivity contribution is -0.137. The Kier molecular flexibility index (Phi) is 8.33. The molecule has 0 spiro atoms. The molecular formula is C22H26ClF3N2O3S. The molecule has 1 aliphatic carbocycles. The fourth-order valence-electron chi connectivity index (χ4n) is 3.86. The largest absolute Gasteiger partial charge is 0.417 e. The Morgan fingerprint density at radius 2 is 1.88 bits per heavy atom. The minimum atomic E-state index is -4.52. The number of halogens is 4. The second-order valence-electron chi connectivity index (χ2n) is 7.82. The normalized spacial score (nSPS) is 15.8. The lowest BCUT2D eigenvalue weighted by Crippen LogP contribution is -2.24. The Bertz CT molecular complexity index is 1050. The Morgan fingerprint density at radius 1 is 1.22 bits per heavy atom. The Balaban J connectivity index is 0.00000363. The van der Waals surface area contributed by atoms with E-state index in [-0.39, 0.29) is 23.2 Å². The number of pyridine rings is 1. The van der Waals surface area contributed by atoms with Crippen molar-refractivity contribution in [3.8, 4) is 0 Å². The predicted molar refractivity (Wildman–Crippen MR) is 118 cm³/mol. The summed E-state index contributed by atoms with van der Waals surface area (Å²) in [6.45, 7) is 0. The van der Waals surface area contributed by atoms with Crippen molar-refractivity contribution in [1.82, 2.24) is 4.98 Å². The molecule has 0 aliphatic heterocycles. The number of benzene rings is 1. The molecule has 1 aromatic heterocycles. The van der Waals surface area contributed by atoms with Crippen LogP contribution in [0.3, 0.4) is 0 Å². The molecule has 1 heterocycles. The molecule has 0 radical (unpaired) electrons. The van der Waals surface area contributed by atoms with Gasteiger partial charge in [0.15, 0.2) is 9.84 Å². The van der Waals surface area contributed by atoms with Crippen LogP contribution in [0.2, 0.25) is 5.02 Å². The molecule has 176 valence electrons. The van der Waals surface area contributed by atoms with E-state index in [9.17, 15) is 26.4 Å². The number of hydrogen-bond acceptors (Lipinski definition) is 4. The summed E-state index contributed by atoms with van der Waals surface area (Å²) in [5, 5.41) is 2.60. The van der Waals surface area contributed by atoms with Crippen LogP contribution in [0, 0.1) is 5.92 Å². The molecule has 3 rings (SSSR count). The lowest BCUT2D eigenvalue weighted by atomic mass is 9.87. The van der Waals surface area contributed by atoms with Crippen LogP contribution in [-0.2, 0) is 20.8 Å². The van der Waals surface area contributed by atoms with Crippen molar-refractivity contribution in [3.05, 3.63) is 52.7 Å². The van der Waals surface area contributed by atoms with E-state index in [1.165, 1.54) is 12.1 Å². The summed E-state index contributed by atoms with van der Waals surface area (Å²) >= 11 is 6.17. The van der Waals surface area contributed by atoms with Gasteiger partial charge >= 0.3 is 6.18 Å². The SMILES string of the molecule is C.CS(=O)(=O)c1ccc(C(CC2CCCC2)C(=O)Nc2ccc(C(F)(F)F)cn2)cc1Cl. The van der Waals surface area contributed by atoms with E-state index in [0.29, 0.717) is 24.1 Å². The Hall–Kier alpha value is -2.13. The third-order valence-corrected chi connectivity index (χ3v) is 7.04. The molecule has 1 unspecified atom stereocenters. The quantitative estimate of drug-likeness (QED) is 0.531. The van der Waals surface area contributed by atoms with Gasteiger partial charge in [0.05, 0.1) is 21.4 Å². The monoisotopic (exact) mass is 490 g/mol. The highest BCUT2D eigenvalue weighted by Gasteiger charge is 2.31. The van der Waals surface area contributed by atoms with Gasteiger partial charge in [-0.1, -0.05) is 50.8 Å². The van der Waals surface area contributed by atoms with E-state index < -0.39 is 33.4 Å². The molecule has 32 heavy (non-hydrogen) atoms. The van der Waals surface area contributed by atoms with Gasteiger partial charge in [-0.05, 0) is 42.2 Å². The van der Waals surface area contributed by atoms with Crippen molar-refractivity contribution in [2.24, 2.45) is 5.92 Å². The minimum absolute atomic E-state index is 0. The van der Waals surface area contributed by atoms with Crippen LogP contribution in [0.1, 0.15) is 56.6 Å². The minimum Gasteiger partial charge on any atom is -0.310 e. The van der Waals surface area contributed by atoms with E-state index in [0.717, 1.165) is 44.1 Å². The summed E-state index contributed by atoms with van der Waals surface area (Å²) < 4.78 is 61.9. The van der Waals surface area contributed by atoms with Crippen LogP contribution in [0.5, 0.6) is 0 Å². The highest BCUT2D eigenvalue weighted by molar-refractivity contribution is 7.90. The summed E-state index contributed by atoms with van der Waals surface area (Å²) in [4.78, 5) is 16.7. The van der Waals surface area contributed by atoms with Crippen LogP contribution < -0.4 is 5.32 Å². The molecule has 1 aliphatic rings. The molecule has 1 aromatic carbocycles. The van der Waals surface area contributed by atoms with Crippen LogP contribution in [0.15, 0.2) is 41.4 Å². The number of sulfone groups is 1. The third-order valence-electron chi connectivity index (χ3n) is 5.46. The van der Waals surface area contributed by atoms with E-state index in [1.54, 1.807) is 6.07 Å². The Morgan fingerprint density at radius 3 is 2.38 bits per heavy atom. The summed E-state index contributed by atoms with van der Waals surface area (Å²) in [5.41, 5.74) is -0.357. The van der Waals surface area contributed by atoms with Crippen molar-refractivity contribution in [2.75, 3.05) is 11.6 Å². The first-order valence-electron chi connectivity index (χ1n) is 9.79. The maximum absolute atomic E-state index is 13.0. The number of nitrogens with one attached hydrogen (secondary N) is 1. The number of carbonyl (C=O) groups is 1. The first-order chi connectivity index (χ1) is 14.4. The van der Waals surface area contributed by atoms with Crippen LogP contribution in [0.4, 0.5) is 19.0 Å². The molecule has 1 atom stereocenters. The predicted octanol–water partition coefficient (Wildman–Crippen LogP) is 6.10. The number of aromatic nitrogens is 1. The first-order valence-corrected chi connectivity index (χ1v) is 12.1. The van der Waals surface area contributed by atoms with Gasteiger partial charge < -0.3 is 5.32 Å². The second kappa shape index (κ2) is 10.2. The van der Waals surface area contributed by atoms with Gasteiger partial charge in [-0.25, -0.2) is 13.4 Å². The molecule has 5 nitrogen and oxygen atoms in total. The van der Waals surface area contributed by atoms with Crippen molar-refractivity contribution in [3.63, 3.8) is 0 Å². The van der Waals surface area contributed by atoms with Gasteiger partial charge in [0.1, 0.15) is 5.82 Å². The fraction of sp³-hybridized carbons (Fsp3) is 0.455. The molecule has 1 saturated carbocycles. The van der Waals surface area contributed by atoms with Gasteiger partial charge in [-0.3, -0.25) is 4.79 Å². The average Bonchev–Trinajstić information content (AvgIpc) is 3.18. The van der Waals surface area contributed by atoms with E-state index in [2.05, 4.69) is 10.3 Å². The van der Waals surface area contributed by atoms with Crippen molar-refractivity contribution in [1.29, 1.82) is 0 Å². The highest BCUT2D eigenvalue weighted by atomic mass is 35.5. The molecule has 0 saturated heterocycles. The smallest absolute Gasteiger partial charge is 0.310 e. The first kappa shape index (κ1) is 26.1. The maximum atomic E-state index is 13.0. The summed E-state index contributed by atoms with van der Waals surface area (Å²) in [6, 6.07) is 6.36. The number of nitrogens with zero attached hydrogens (tertiary/aromatic N) is 1. The van der Waals surface area contributed by atoms with Gasteiger partial charge in [0.2, 0.25) is 5.91 Å². The fourth-order valence-corrected chi connectivity index (χ4v) is 5.20. The molecule has 2 aromatic rings. The van der Waals surface area contributed by atoms with Crippen molar-refractivity contribution < 1.29 is 26.4 Å². The third kappa shape index (κ3) is 6.45. The zero-order chi connectivity index (χ0) is 22.8. The number of hydrogen-bond donors (Lipinski definition) is 1. The standard InChI is InChI=1S/C21H22ClF3N2O3S.CH4/c1-31(29,30)18-8-6-14(11-17(18)22)16(10-13-4-2-3-5-13)20(28)27-19-9-7-15(12-26-19)21(23,24)25;/h6-9,11-13,16H,2-5,10H2,1H3,(H,26,27,28);1H4. The van der Waals surface area contributed by atoms with Gasteiger partial charge in [0.25, 0.3) is 0 Å². The number of carbonyl (C=O) groups excluding carboxylic acids is 1. The summed E-state index contributed by atoms with van der Waals surface area (Å²) in [5.74, 6) is -0.737. The van der Waals surface area contributed by atoms with E-state index in [4.69, 9.17) is 11.6 Å². The van der Waals surface area contributed by atoms with Crippen molar-refractivity contribution >= 4 is 33.2 Å². The second-order valence-corrected chi connectivity index (χ2v) is 10.2. The number of anilines is 1. The van der Waals surface area contributed by atoms with Crippen LogP contribution >= 0.6 is 11.6 Å². The number of rotatable bonds is 6. The molecule has 1 N–H and O–H groups in total. The number of amides is 1. The van der Waals surface area contributed by atoms with Gasteiger partial charge in [-0.15, -0.1) is 0 Å². The lowest BCUT2D eigenvalue weighted by Gasteiger charge is -2.21. The average molecular weight is 491 g/mol. The van der Waals surface area contributed by atoms with Crippen molar-refractivity contribution in [2.45, 2.75) is 56.5 Å². The van der Waals surface area contributed by atoms with E-state index >= 15 is 0 Å². The summed E-state index contributed by atoms with van der Waals surface area (Å²) in [6.07, 6.45) is 1.85. The topological polar surface area (TPSA) is 76.1 Å². The molecule has 1 fully saturated rings. The molecule has 1 amide bonds. The zero-order valence-electron chi connectivity index (χ0n) is 16.7. The maximum Gasteiger partial charge on any atom is 0.417 e. The zero-order valence-corrected chi connectivity index (χ0v) is 18.3. The van der Waals surface area contributed by atoms with Gasteiger partial charge in [0, 0.05) is 12.5 Å². The molecular weight excluding hydrogens is 465 g/mol. The molecule has 10 heteroatoms. The highest BCUT2D eigenvalue weighted by Crippen LogP contribution is 2.36. The Labute approximate surface area is 191 Å². The van der Waals surface area contributed by atoms with Gasteiger partial charge in [-0.2, -0.15) is 13.2 Å². The molecule has 0 bridgehead atoms. The van der Waals surface area contributed by atoms with Crippen LogP contribution in [0.25, 0.3) is 0 Å².